The first kappa shape index (κ1) is 18.8. The summed E-state index contributed by atoms with van der Waals surface area (Å²) in [6, 6.07) is 17.6. The topological polar surface area (TPSA) is 57.7 Å². The lowest BCUT2D eigenvalue weighted by Gasteiger charge is -2.32. The van der Waals surface area contributed by atoms with Crippen molar-refractivity contribution in [2.75, 3.05) is 27.2 Å². The van der Waals surface area contributed by atoms with Gasteiger partial charge in [0.25, 0.3) is 10.2 Å². The zero-order valence-electron chi connectivity index (χ0n) is 15.1. The van der Waals surface area contributed by atoms with Crippen molar-refractivity contribution in [1.29, 1.82) is 0 Å². The van der Waals surface area contributed by atoms with Crippen LogP contribution < -0.4 is 0 Å². The molecule has 2 aromatic carbocycles. The second-order valence-corrected chi connectivity index (χ2v) is 8.94. The Labute approximate surface area is 155 Å². The fraction of sp³-hybridized carbons (Fsp3) is 0.350. The average molecular weight is 372 g/mol. The van der Waals surface area contributed by atoms with E-state index in [9.17, 15) is 13.2 Å². The number of piperidine rings is 1. The molecule has 2 aromatic rings. The second kappa shape index (κ2) is 7.70. The molecule has 5 nitrogen and oxygen atoms in total. The summed E-state index contributed by atoms with van der Waals surface area (Å²) in [5, 5.41) is 0. The third-order valence-electron chi connectivity index (χ3n) is 4.82. The van der Waals surface area contributed by atoms with E-state index in [-0.39, 0.29) is 18.2 Å². The number of nitrogens with zero attached hydrogens (tertiary/aromatic N) is 2. The van der Waals surface area contributed by atoms with Crippen LogP contribution in [0.3, 0.4) is 0 Å². The van der Waals surface area contributed by atoms with Crippen molar-refractivity contribution in [3.8, 4) is 11.1 Å². The zero-order valence-corrected chi connectivity index (χ0v) is 15.9. The monoisotopic (exact) mass is 372 g/mol. The fourth-order valence-corrected chi connectivity index (χ4v) is 4.48. The lowest BCUT2D eigenvalue weighted by molar-refractivity contribution is 0.0870. The maximum Gasteiger partial charge on any atom is 0.281 e. The first-order valence-electron chi connectivity index (χ1n) is 8.77. The maximum absolute atomic E-state index is 12.9. The number of hydrogen-bond donors (Lipinski definition) is 0. The van der Waals surface area contributed by atoms with E-state index in [1.54, 1.807) is 0 Å². The molecule has 0 aliphatic carbocycles. The quantitative estimate of drug-likeness (QED) is 0.758. The predicted molar refractivity (Wildman–Crippen MR) is 103 cm³/mol. The molecule has 0 saturated carbocycles. The van der Waals surface area contributed by atoms with E-state index >= 15 is 0 Å². The summed E-state index contributed by atoms with van der Waals surface area (Å²) in [5.74, 6) is -0.274. The molecule has 0 bridgehead atoms. The van der Waals surface area contributed by atoms with Gasteiger partial charge >= 0.3 is 0 Å². The number of Topliss-reactive ketones (excluding diaryl/α,β-unsaturated/α-hetero) is 1. The van der Waals surface area contributed by atoms with Crippen LogP contribution in [-0.2, 0) is 10.2 Å². The second-order valence-electron chi connectivity index (χ2n) is 6.79. The number of carbonyl (C=O) groups is 1. The zero-order chi connectivity index (χ0) is 18.7. The number of benzene rings is 2. The number of hydrogen-bond acceptors (Lipinski definition) is 3. The van der Waals surface area contributed by atoms with Gasteiger partial charge in [0.05, 0.1) is 0 Å². The van der Waals surface area contributed by atoms with Crippen molar-refractivity contribution < 1.29 is 13.2 Å². The van der Waals surface area contributed by atoms with Crippen LogP contribution in [0.2, 0.25) is 0 Å². The molecule has 0 unspecified atom stereocenters. The van der Waals surface area contributed by atoms with Crippen LogP contribution in [0.1, 0.15) is 23.2 Å². The third kappa shape index (κ3) is 3.87. The molecule has 0 amide bonds. The first-order valence-corrected chi connectivity index (χ1v) is 10.2. The minimum atomic E-state index is -3.48. The molecule has 26 heavy (non-hydrogen) atoms. The molecule has 6 heteroatoms. The standard InChI is InChI=1S/C20H24N2O3S/c1-21(2)26(24,25)22-14-6-9-19(15-22)20(23)18-12-10-17(11-13-18)16-7-4-3-5-8-16/h3-5,7-8,10-13,19H,6,9,14-15H2,1-2H3/t19-/m1/s1. The normalized spacial score (nSPS) is 18.8. The number of rotatable bonds is 5. The van der Waals surface area contributed by atoms with Crippen molar-refractivity contribution in [2.45, 2.75) is 12.8 Å². The molecule has 1 heterocycles. The molecule has 1 saturated heterocycles. The van der Waals surface area contributed by atoms with E-state index in [4.69, 9.17) is 0 Å². The van der Waals surface area contributed by atoms with Gasteiger partial charge in [-0.05, 0) is 24.0 Å². The van der Waals surface area contributed by atoms with E-state index in [0.29, 0.717) is 18.5 Å². The Morgan fingerprint density at radius 3 is 2.23 bits per heavy atom. The molecule has 0 radical (unpaired) electrons. The lowest BCUT2D eigenvalue weighted by Crippen LogP contribution is -2.46. The van der Waals surface area contributed by atoms with Gasteiger partial charge < -0.3 is 0 Å². The SMILES string of the molecule is CN(C)S(=O)(=O)N1CCC[C@@H](C(=O)c2ccc(-c3ccccc3)cc2)C1. The first-order chi connectivity index (χ1) is 12.4. The Morgan fingerprint density at radius 1 is 1.00 bits per heavy atom. The van der Waals surface area contributed by atoms with Gasteiger partial charge in [-0.25, -0.2) is 0 Å². The van der Waals surface area contributed by atoms with Crippen LogP contribution >= 0.6 is 0 Å². The van der Waals surface area contributed by atoms with Crippen molar-refractivity contribution >= 4 is 16.0 Å². The van der Waals surface area contributed by atoms with Crippen molar-refractivity contribution in [3.63, 3.8) is 0 Å². The van der Waals surface area contributed by atoms with Gasteiger partial charge in [0, 0.05) is 38.7 Å². The summed E-state index contributed by atoms with van der Waals surface area (Å²) in [7, 11) is -0.443. The van der Waals surface area contributed by atoms with Gasteiger partial charge in [-0.2, -0.15) is 17.0 Å². The van der Waals surface area contributed by atoms with Crippen molar-refractivity contribution in [1.82, 2.24) is 8.61 Å². The van der Waals surface area contributed by atoms with Crippen molar-refractivity contribution in [3.05, 3.63) is 60.2 Å². The van der Waals surface area contributed by atoms with Gasteiger partial charge in [-0.1, -0.05) is 54.6 Å². The summed E-state index contributed by atoms with van der Waals surface area (Å²) in [6.07, 6.45) is 1.42. The fourth-order valence-electron chi connectivity index (χ4n) is 3.29. The Kier molecular flexibility index (Phi) is 5.55. The minimum Gasteiger partial charge on any atom is -0.294 e. The van der Waals surface area contributed by atoms with Gasteiger partial charge in [0.15, 0.2) is 5.78 Å². The highest BCUT2D eigenvalue weighted by atomic mass is 32.2. The number of carbonyl (C=O) groups excluding carboxylic acids is 1. The van der Waals surface area contributed by atoms with Crippen LogP contribution in [-0.4, -0.2) is 50.0 Å². The van der Waals surface area contributed by atoms with Crippen LogP contribution in [0.15, 0.2) is 54.6 Å². The Bertz CT molecular complexity index is 862. The van der Waals surface area contributed by atoms with E-state index in [2.05, 4.69) is 0 Å². The Balaban J connectivity index is 1.75. The maximum atomic E-state index is 12.9. The largest absolute Gasteiger partial charge is 0.294 e. The average Bonchev–Trinajstić information content (AvgIpc) is 2.68. The van der Waals surface area contributed by atoms with E-state index in [1.807, 2.05) is 54.6 Å². The molecular weight excluding hydrogens is 348 g/mol. The van der Waals surface area contributed by atoms with Gasteiger partial charge in [0.1, 0.15) is 0 Å². The van der Waals surface area contributed by atoms with E-state index in [0.717, 1.165) is 17.5 Å². The van der Waals surface area contributed by atoms with Crippen LogP contribution in [0, 0.1) is 5.92 Å². The molecule has 0 spiro atoms. The van der Waals surface area contributed by atoms with Gasteiger partial charge in [-0.3, -0.25) is 4.79 Å². The lowest BCUT2D eigenvalue weighted by atomic mass is 9.90. The summed E-state index contributed by atoms with van der Waals surface area (Å²) in [4.78, 5) is 12.9. The predicted octanol–water partition coefficient (Wildman–Crippen LogP) is 3.05. The Hall–Kier alpha value is -2.02. The van der Waals surface area contributed by atoms with Gasteiger partial charge in [-0.15, -0.1) is 0 Å². The van der Waals surface area contributed by atoms with Gasteiger partial charge in [0.2, 0.25) is 0 Å². The molecule has 3 rings (SSSR count). The number of ketones is 1. The summed E-state index contributed by atoms with van der Waals surface area (Å²) in [5.41, 5.74) is 2.80. The molecule has 1 fully saturated rings. The van der Waals surface area contributed by atoms with Crippen molar-refractivity contribution in [2.24, 2.45) is 5.92 Å². The molecule has 1 atom stereocenters. The highest BCUT2D eigenvalue weighted by Gasteiger charge is 2.33. The molecule has 1 aliphatic rings. The van der Waals surface area contributed by atoms with E-state index in [1.165, 1.54) is 22.7 Å². The smallest absolute Gasteiger partial charge is 0.281 e. The summed E-state index contributed by atoms with van der Waals surface area (Å²) in [6.45, 7) is 0.719. The molecule has 1 aliphatic heterocycles. The third-order valence-corrected chi connectivity index (χ3v) is 6.73. The minimum absolute atomic E-state index is 0.0169. The van der Waals surface area contributed by atoms with Crippen LogP contribution in [0.5, 0.6) is 0 Å². The summed E-state index contributed by atoms with van der Waals surface area (Å²) < 4.78 is 27.3. The molecule has 138 valence electrons. The molecular formula is C20H24N2O3S. The van der Waals surface area contributed by atoms with E-state index < -0.39 is 10.2 Å². The molecule has 0 N–H and O–H groups in total. The molecule has 0 aromatic heterocycles. The summed E-state index contributed by atoms with van der Waals surface area (Å²) >= 11 is 0. The Morgan fingerprint density at radius 2 is 1.62 bits per heavy atom. The highest BCUT2D eigenvalue weighted by molar-refractivity contribution is 7.86. The van der Waals surface area contributed by atoms with Crippen LogP contribution in [0.25, 0.3) is 11.1 Å². The van der Waals surface area contributed by atoms with Crippen LogP contribution in [0.4, 0.5) is 0 Å². The highest BCUT2D eigenvalue weighted by Crippen LogP contribution is 2.25.